The molecule has 2 rings (SSSR count). The summed E-state index contributed by atoms with van der Waals surface area (Å²) in [6.45, 7) is 2.32. The van der Waals surface area contributed by atoms with Crippen LogP contribution in [0.25, 0.3) is 0 Å². The van der Waals surface area contributed by atoms with Crippen LogP contribution in [-0.4, -0.2) is 24.0 Å². The lowest BCUT2D eigenvalue weighted by atomic mass is 10.2. The second-order valence-corrected chi connectivity index (χ2v) is 4.74. The Hall–Kier alpha value is -3.02. The first-order valence-corrected chi connectivity index (χ1v) is 7.11. The molecule has 23 heavy (non-hydrogen) atoms. The number of aromatic hydroxyl groups is 1. The first-order valence-electron chi connectivity index (χ1n) is 7.11. The van der Waals surface area contributed by atoms with Gasteiger partial charge in [-0.3, -0.25) is 4.79 Å². The Morgan fingerprint density at radius 2 is 1.78 bits per heavy atom. The number of nitrogens with zero attached hydrogens (tertiary/aromatic N) is 2. The van der Waals surface area contributed by atoms with Crippen LogP contribution in [0.15, 0.2) is 52.7 Å². The van der Waals surface area contributed by atoms with E-state index in [1.165, 1.54) is 12.1 Å². The van der Waals surface area contributed by atoms with Crippen molar-refractivity contribution in [2.75, 3.05) is 6.61 Å². The monoisotopic (exact) mass is 312 g/mol. The lowest BCUT2D eigenvalue weighted by molar-refractivity contribution is 0.0505. The van der Waals surface area contributed by atoms with E-state index in [0.717, 1.165) is 6.42 Å². The van der Waals surface area contributed by atoms with E-state index in [2.05, 4.69) is 10.2 Å². The summed E-state index contributed by atoms with van der Waals surface area (Å²) in [4.78, 5) is 22.4. The lowest BCUT2D eigenvalue weighted by Crippen LogP contribution is -2.05. The molecule has 2 aromatic carbocycles. The summed E-state index contributed by atoms with van der Waals surface area (Å²) >= 11 is 0. The standard InChI is InChI=1S/C17H16N2O4/c1-2-9-23-17(22)12-3-5-14(6-4-12)18-19-15-7-8-16(21)13(10-15)11-20/h3-8,10-11,21H,2,9H2,1H3. The van der Waals surface area contributed by atoms with Gasteiger partial charge in [0.25, 0.3) is 0 Å². The van der Waals surface area contributed by atoms with Gasteiger partial charge >= 0.3 is 5.97 Å². The second kappa shape index (κ2) is 7.84. The Kier molecular flexibility index (Phi) is 5.57. The van der Waals surface area contributed by atoms with E-state index in [4.69, 9.17) is 4.74 Å². The summed E-state index contributed by atoms with van der Waals surface area (Å²) in [6.07, 6.45) is 1.32. The normalized spacial score (nSPS) is 10.7. The van der Waals surface area contributed by atoms with Crippen LogP contribution in [0.2, 0.25) is 0 Å². The van der Waals surface area contributed by atoms with E-state index in [9.17, 15) is 14.7 Å². The molecule has 0 saturated heterocycles. The molecule has 0 aromatic heterocycles. The largest absolute Gasteiger partial charge is 0.507 e. The fourth-order valence-electron chi connectivity index (χ4n) is 1.76. The molecule has 0 unspecified atom stereocenters. The zero-order valence-electron chi connectivity index (χ0n) is 12.6. The predicted octanol–water partition coefficient (Wildman–Crippen LogP) is 4.19. The first-order chi connectivity index (χ1) is 11.1. The molecule has 118 valence electrons. The Bertz CT molecular complexity index is 724. The van der Waals surface area contributed by atoms with Crippen molar-refractivity contribution in [3.63, 3.8) is 0 Å². The molecule has 0 aliphatic rings. The number of benzene rings is 2. The van der Waals surface area contributed by atoms with Gasteiger partial charge in [-0.1, -0.05) is 6.92 Å². The number of carbonyl (C=O) groups is 2. The molecule has 0 aliphatic carbocycles. The number of phenolic OH excluding ortho intramolecular Hbond substituents is 1. The number of carbonyl (C=O) groups excluding carboxylic acids is 2. The molecule has 6 nitrogen and oxygen atoms in total. The van der Waals surface area contributed by atoms with E-state index in [-0.39, 0.29) is 17.3 Å². The molecule has 1 N–H and O–H groups in total. The Morgan fingerprint density at radius 3 is 2.43 bits per heavy atom. The van der Waals surface area contributed by atoms with Gasteiger partial charge in [-0.25, -0.2) is 4.79 Å². The molecule has 0 aliphatic heterocycles. The van der Waals surface area contributed by atoms with E-state index < -0.39 is 0 Å². The van der Waals surface area contributed by atoms with Gasteiger partial charge in [0, 0.05) is 0 Å². The quantitative estimate of drug-likeness (QED) is 0.492. The molecule has 0 atom stereocenters. The number of hydrogen-bond acceptors (Lipinski definition) is 6. The third-order valence-corrected chi connectivity index (χ3v) is 2.96. The predicted molar refractivity (Wildman–Crippen MR) is 84.7 cm³/mol. The maximum absolute atomic E-state index is 11.7. The number of hydrogen-bond donors (Lipinski definition) is 1. The molecule has 2 aromatic rings. The molecule has 0 fully saturated rings. The third-order valence-electron chi connectivity index (χ3n) is 2.96. The summed E-state index contributed by atoms with van der Waals surface area (Å²) in [7, 11) is 0. The highest BCUT2D eigenvalue weighted by atomic mass is 16.5. The zero-order chi connectivity index (χ0) is 16.7. The van der Waals surface area contributed by atoms with Crippen LogP contribution in [0, 0.1) is 0 Å². The molecule has 0 bridgehead atoms. The molecular formula is C17H16N2O4. The fourth-order valence-corrected chi connectivity index (χ4v) is 1.76. The Morgan fingerprint density at radius 1 is 1.13 bits per heavy atom. The average molecular weight is 312 g/mol. The lowest BCUT2D eigenvalue weighted by Gasteiger charge is -2.02. The Labute approximate surface area is 133 Å². The highest BCUT2D eigenvalue weighted by Gasteiger charge is 2.06. The van der Waals surface area contributed by atoms with Gasteiger partial charge in [-0.05, 0) is 48.9 Å². The van der Waals surface area contributed by atoms with Crippen LogP contribution in [-0.2, 0) is 4.74 Å². The van der Waals surface area contributed by atoms with Gasteiger partial charge in [0.1, 0.15) is 5.75 Å². The number of rotatable bonds is 6. The van der Waals surface area contributed by atoms with Crippen molar-refractivity contribution in [2.45, 2.75) is 13.3 Å². The van der Waals surface area contributed by atoms with Crippen LogP contribution in [0.5, 0.6) is 5.75 Å². The summed E-state index contributed by atoms with van der Waals surface area (Å²) in [5.74, 6) is -0.474. The molecule has 0 amide bonds. The van der Waals surface area contributed by atoms with Gasteiger partial charge in [-0.15, -0.1) is 0 Å². The van der Waals surface area contributed by atoms with Crippen molar-refractivity contribution in [2.24, 2.45) is 10.2 Å². The third kappa shape index (κ3) is 4.47. The smallest absolute Gasteiger partial charge is 0.338 e. The van der Waals surface area contributed by atoms with Crippen LogP contribution in [0.3, 0.4) is 0 Å². The minimum atomic E-state index is -0.371. The first kappa shape index (κ1) is 16.4. The number of esters is 1. The van der Waals surface area contributed by atoms with Crippen molar-refractivity contribution in [1.29, 1.82) is 0 Å². The number of aldehydes is 1. The molecular weight excluding hydrogens is 296 g/mol. The van der Waals surface area contributed by atoms with Gasteiger partial charge in [0.15, 0.2) is 6.29 Å². The molecule has 0 heterocycles. The maximum atomic E-state index is 11.7. The maximum Gasteiger partial charge on any atom is 0.338 e. The summed E-state index contributed by atoms with van der Waals surface area (Å²) in [6, 6.07) is 10.9. The number of ether oxygens (including phenoxy) is 1. The number of phenols is 1. The van der Waals surface area contributed by atoms with E-state index >= 15 is 0 Å². The van der Waals surface area contributed by atoms with Gasteiger partial charge in [0.2, 0.25) is 0 Å². The SMILES string of the molecule is CCCOC(=O)c1ccc(N=Nc2ccc(O)c(C=O)c2)cc1. The van der Waals surface area contributed by atoms with E-state index in [0.29, 0.717) is 29.8 Å². The highest BCUT2D eigenvalue weighted by Crippen LogP contribution is 2.24. The topological polar surface area (TPSA) is 88.3 Å². The summed E-state index contributed by atoms with van der Waals surface area (Å²) in [5.41, 5.74) is 1.59. The van der Waals surface area contributed by atoms with Crippen LogP contribution < -0.4 is 0 Å². The minimum absolute atomic E-state index is 0.103. The van der Waals surface area contributed by atoms with Crippen LogP contribution >= 0.6 is 0 Å². The van der Waals surface area contributed by atoms with Crippen molar-refractivity contribution >= 4 is 23.6 Å². The summed E-state index contributed by atoms with van der Waals surface area (Å²) in [5, 5.41) is 17.4. The van der Waals surface area contributed by atoms with Gasteiger partial charge in [-0.2, -0.15) is 10.2 Å². The van der Waals surface area contributed by atoms with Crippen molar-refractivity contribution in [3.8, 4) is 5.75 Å². The number of azo groups is 1. The van der Waals surface area contributed by atoms with E-state index in [1.807, 2.05) is 6.92 Å². The second-order valence-electron chi connectivity index (χ2n) is 4.74. The fraction of sp³-hybridized carbons (Fsp3) is 0.176. The van der Waals surface area contributed by atoms with Crippen molar-refractivity contribution < 1.29 is 19.4 Å². The molecule has 0 saturated carbocycles. The van der Waals surface area contributed by atoms with Crippen LogP contribution in [0.4, 0.5) is 11.4 Å². The minimum Gasteiger partial charge on any atom is -0.507 e. The van der Waals surface area contributed by atoms with Crippen LogP contribution in [0.1, 0.15) is 34.1 Å². The zero-order valence-corrected chi connectivity index (χ0v) is 12.6. The average Bonchev–Trinajstić information content (AvgIpc) is 2.59. The Balaban J connectivity index is 2.08. The van der Waals surface area contributed by atoms with Crippen molar-refractivity contribution in [3.05, 3.63) is 53.6 Å². The highest BCUT2D eigenvalue weighted by molar-refractivity contribution is 5.89. The molecule has 0 spiro atoms. The van der Waals surface area contributed by atoms with Gasteiger partial charge < -0.3 is 9.84 Å². The van der Waals surface area contributed by atoms with Gasteiger partial charge in [0.05, 0.1) is 29.1 Å². The molecule has 0 radical (unpaired) electrons. The van der Waals surface area contributed by atoms with E-state index in [1.54, 1.807) is 30.3 Å². The molecule has 6 heteroatoms. The summed E-state index contributed by atoms with van der Waals surface area (Å²) < 4.78 is 5.03. The van der Waals surface area contributed by atoms with Crippen molar-refractivity contribution in [1.82, 2.24) is 0 Å².